The second kappa shape index (κ2) is 5.50. The standard InChI is InChI=1S/C10H17N3O2/c1-8(14)3-4-10(15)11-7-9-5-6-12-13(9)2/h5-6,8,14H,3-4,7H2,1-2H3,(H,11,15). The number of carbonyl (C=O) groups is 1. The van der Waals surface area contributed by atoms with E-state index in [9.17, 15) is 4.79 Å². The van der Waals surface area contributed by atoms with Crippen molar-refractivity contribution in [3.63, 3.8) is 0 Å². The van der Waals surface area contributed by atoms with Crippen LogP contribution in [0.4, 0.5) is 0 Å². The molecule has 5 heteroatoms. The number of aliphatic hydroxyl groups is 1. The number of aliphatic hydroxyl groups excluding tert-OH is 1. The maximum atomic E-state index is 11.3. The normalized spacial score (nSPS) is 12.5. The van der Waals surface area contributed by atoms with Crippen molar-refractivity contribution >= 4 is 5.91 Å². The summed E-state index contributed by atoms with van der Waals surface area (Å²) in [5.74, 6) is -0.0444. The predicted molar refractivity (Wildman–Crippen MR) is 56.0 cm³/mol. The summed E-state index contributed by atoms with van der Waals surface area (Å²) < 4.78 is 1.72. The Labute approximate surface area is 89.1 Å². The summed E-state index contributed by atoms with van der Waals surface area (Å²) in [6, 6.07) is 1.86. The maximum absolute atomic E-state index is 11.3. The highest BCUT2D eigenvalue weighted by Gasteiger charge is 2.05. The van der Waals surface area contributed by atoms with Crippen LogP contribution in [0.2, 0.25) is 0 Å². The smallest absolute Gasteiger partial charge is 0.220 e. The molecule has 1 atom stereocenters. The number of amides is 1. The van der Waals surface area contributed by atoms with Crippen LogP contribution in [0.1, 0.15) is 25.5 Å². The Morgan fingerprint density at radius 3 is 3.00 bits per heavy atom. The van der Waals surface area contributed by atoms with Crippen molar-refractivity contribution in [2.45, 2.75) is 32.4 Å². The average Bonchev–Trinajstić information content (AvgIpc) is 2.58. The van der Waals surface area contributed by atoms with Crippen LogP contribution in [0, 0.1) is 0 Å². The summed E-state index contributed by atoms with van der Waals surface area (Å²) >= 11 is 0. The Bertz CT molecular complexity index is 320. The summed E-state index contributed by atoms with van der Waals surface area (Å²) in [4.78, 5) is 11.3. The predicted octanol–water partition coefficient (Wildman–Crippen LogP) is 0.197. The molecule has 0 aliphatic carbocycles. The lowest BCUT2D eigenvalue weighted by atomic mass is 10.2. The van der Waals surface area contributed by atoms with Gasteiger partial charge in [-0.05, 0) is 19.4 Å². The minimum Gasteiger partial charge on any atom is -0.393 e. The summed E-state index contributed by atoms with van der Waals surface area (Å²) in [5.41, 5.74) is 0.959. The third-order valence-corrected chi connectivity index (χ3v) is 2.18. The zero-order valence-electron chi connectivity index (χ0n) is 9.10. The minimum absolute atomic E-state index is 0.0444. The molecule has 1 aromatic rings. The topological polar surface area (TPSA) is 67.2 Å². The Morgan fingerprint density at radius 1 is 1.73 bits per heavy atom. The number of hydrogen-bond acceptors (Lipinski definition) is 3. The first-order valence-electron chi connectivity index (χ1n) is 5.01. The van der Waals surface area contributed by atoms with E-state index < -0.39 is 6.10 Å². The first-order chi connectivity index (χ1) is 7.09. The molecule has 0 saturated carbocycles. The van der Waals surface area contributed by atoms with E-state index in [1.807, 2.05) is 13.1 Å². The van der Waals surface area contributed by atoms with Gasteiger partial charge in [-0.3, -0.25) is 9.48 Å². The second-order valence-electron chi connectivity index (χ2n) is 3.61. The number of carbonyl (C=O) groups excluding carboxylic acids is 1. The van der Waals surface area contributed by atoms with Gasteiger partial charge in [0.25, 0.3) is 0 Å². The number of nitrogens with zero attached hydrogens (tertiary/aromatic N) is 2. The molecule has 5 nitrogen and oxygen atoms in total. The van der Waals surface area contributed by atoms with Crippen LogP contribution >= 0.6 is 0 Å². The lowest BCUT2D eigenvalue weighted by Crippen LogP contribution is -2.24. The van der Waals surface area contributed by atoms with Crippen LogP contribution in [0.3, 0.4) is 0 Å². The quantitative estimate of drug-likeness (QED) is 0.731. The number of nitrogens with one attached hydrogen (secondary N) is 1. The molecule has 1 heterocycles. The van der Waals surface area contributed by atoms with E-state index in [-0.39, 0.29) is 5.91 Å². The average molecular weight is 211 g/mol. The molecular formula is C10H17N3O2. The first kappa shape index (κ1) is 11.7. The second-order valence-corrected chi connectivity index (χ2v) is 3.61. The van der Waals surface area contributed by atoms with Crippen molar-refractivity contribution in [2.24, 2.45) is 7.05 Å². The van der Waals surface area contributed by atoms with Crippen LogP contribution < -0.4 is 5.32 Å². The highest BCUT2D eigenvalue weighted by molar-refractivity contribution is 5.75. The molecule has 0 radical (unpaired) electrons. The fourth-order valence-corrected chi connectivity index (χ4v) is 1.19. The van der Waals surface area contributed by atoms with Gasteiger partial charge < -0.3 is 10.4 Å². The zero-order valence-corrected chi connectivity index (χ0v) is 9.10. The molecule has 1 unspecified atom stereocenters. The van der Waals surface area contributed by atoms with E-state index >= 15 is 0 Å². The molecule has 0 bridgehead atoms. The van der Waals surface area contributed by atoms with Crippen molar-refractivity contribution in [3.8, 4) is 0 Å². The van der Waals surface area contributed by atoms with Gasteiger partial charge >= 0.3 is 0 Å². The Kier molecular flexibility index (Phi) is 4.30. The lowest BCUT2D eigenvalue weighted by Gasteiger charge is -2.06. The molecule has 1 rings (SSSR count). The van der Waals surface area contributed by atoms with Crippen LogP contribution in [-0.4, -0.2) is 26.9 Å². The molecule has 1 aromatic heterocycles. The van der Waals surface area contributed by atoms with Gasteiger partial charge in [-0.2, -0.15) is 5.10 Å². The fourth-order valence-electron chi connectivity index (χ4n) is 1.19. The van der Waals surface area contributed by atoms with Gasteiger partial charge in [0.05, 0.1) is 18.3 Å². The zero-order chi connectivity index (χ0) is 11.3. The van der Waals surface area contributed by atoms with Gasteiger partial charge in [-0.25, -0.2) is 0 Å². The summed E-state index contributed by atoms with van der Waals surface area (Å²) in [7, 11) is 1.83. The van der Waals surface area contributed by atoms with Crippen LogP contribution in [-0.2, 0) is 18.4 Å². The molecule has 0 aliphatic rings. The SMILES string of the molecule is CC(O)CCC(=O)NCc1ccnn1C. The molecule has 0 fully saturated rings. The van der Waals surface area contributed by atoms with Crippen molar-refractivity contribution < 1.29 is 9.90 Å². The number of rotatable bonds is 5. The molecule has 15 heavy (non-hydrogen) atoms. The highest BCUT2D eigenvalue weighted by Crippen LogP contribution is 1.98. The van der Waals surface area contributed by atoms with E-state index in [0.29, 0.717) is 19.4 Å². The molecule has 0 aliphatic heterocycles. The van der Waals surface area contributed by atoms with Crippen LogP contribution in [0.15, 0.2) is 12.3 Å². The number of aryl methyl sites for hydroxylation is 1. The van der Waals surface area contributed by atoms with Gasteiger partial charge in [0.15, 0.2) is 0 Å². The lowest BCUT2D eigenvalue weighted by molar-refractivity contribution is -0.121. The summed E-state index contributed by atoms with van der Waals surface area (Å²) in [5, 5.41) is 15.8. The molecule has 0 spiro atoms. The summed E-state index contributed by atoms with van der Waals surface area (Å²) in [6.45, 7) is 2.16. The summed E-state index contributed by atoms with van der Waals surface area (Å²) in [6.07, 6.45) is 2.12. The Balaban J connectivity index is 2.26. The van der Waals surface area contributed by atoms with Crippen molar-refractivity contribution in [3.05, 3.63) is 18.0 Å². The van der Waals surface area contributed by atoms with Gasteiger partial charge in [0.1, 0.15) is 0 Å². The molecule has 2 N–H and O–H groups in total. The molecule has 84 valence electrons. The number of aromatic nitrogens is 2. The van der Waals surface area contributed by atoms with Crippen molar-refractivity contribution in [1.82, 2.24) is 15.1 Å². The minimum atomic E-state index is -0.424. The molecule has 0 saturated heterocycles. The fraction of sp³-hybridized carbons (Fsp3) is 0.600. The van der Waals surface area contributed by atoms with Gasteiger partial charge in [0.2, 0.25) is 5.91 Å². The van der Waals surface area contributed by atoms with E-state index in [1.54, 1.807) is 17.8 Å². The van der Waals surface area contributed by atoms with Gasteiger partial charge in [-0.15, -0.1) is 0 Å². The van der Waals surface area contributed by atoms with E-state index in [1.165, 1.54) is 0 Å². The molecular weight excluding hydrogens is 194 g/mol. The Morgan fingerprint density at radius 2 is 2.47 bits per heavy atom. The van der Waals surface area contributed by atoms with Crippen molar-refractivity contribution in [1.29, 1.82) is 0 Å². The van der Waals surface area contributed by atoms with Crippen molar-refractivity contribution in [2.75, 3.05) is 0 Å². The monoisotopic (exact) mass is 211 g/mol. The van der Waals surface area contributed by atoms with Crippen LogP contribution in [0.25, 0.3) is 0 Å². The van der Waals surface area contributed by atoms with Gasteiger partial charge in [0, 0.05) is 19.7 Å². The maximum Gasteiger partial charge on any atom is 0.220 e. The first-order valence-corrected chi connectivity index (χ1v) is 5.01. The molecule has 1 amide bonds. The van der Waals surface area contributed by atoms with Crippen LogP contribution in [0.5, 0.6) is 0 Å². The third kappa shape index (κ3) is 4.12. The highest BCUT2D eigenvalue weighted by atomic mass is 16.3. The van der Waals surface area contributed by atoms with Gasteiger partial charge in [-0.1, -0.05) is 0 Å². The molecule has 0 aromatic carbocycles. The largest absolute Gasteiger partial charge is 0.393 e. The van der Waals surface area contributed by atoms with E-state index in [4.69, 9.17) is 5.11 Å². The number of hydrogen-bond donors (Lipinski definition) is 2. The van der Waals surface area contributed by atoms with E-state index in [0.717, 1.165) is 5.69 Å². The van der Waals surface area contributed by atoms with E-state index in [2.05, 4.69) is 10.4 Å². The Hall–Kier alpha value is -1.36. The third-order valence-electron chi connectivity index (χ3n) is 2.18.